The molecule has 1 aromatic heterocycles. The van der Waals surface area contributed by atoms with E-state index in [9.17, 15) is 4.79 Å². The molecular weight excluding hydrogens is 310 g/mol. The number of anilines is 1. The number of rotatable bonds is 3. The number of thiophene rings is 1. The molecule has 0 radical (unpaired) electrons. The summed E-state index contributed by atoms with van der Waals surface area (Å²) in [5, 5.41) is 2.95. The predicted molar refractivity (Wildman–Crippen MR) is 88.1 cm³/mol. The van der Waals surface area contributed by atoms with Gasteiger partial charge in [0.15, 0.2) is 0 Å². The molecule has 0 fully saturated rings. The second-order valence-corrected chi connectivity index (χ2v) is 7.16. The number of carbonyl (C=O) groups excluding carboxylic acids is 1. The smallest absolute Gasteiger partial charge is 0.265 e. The molecule has 20 heavy (non-hydrogen) atoms. The van der Waals surface area contributed by atoms with Crippen LogP contribution in [0.25, 0.3) is 0 Å². The van der Waals surface area contributed by atoms with Gasteiger partial charge >= 0.3 is 0 Å². The van der Waals surface area contributed by atoms with Crippen LogP contribution < -0.4 is 5.32 Å². The molecule has 1 amide bonds. The summed E-state index contributed by atoms with van der Waals surface area (Å²) in [4.78, 5) is 14.5. The van der Waals surface area contributed by atoms with Crippen molar-refractivity contribution >= 4 is 46.3 Å². The van der Waals surface area contributed by atoms with Crippen molar-refractivity contribution in [3.05, 3.63) is 51.2 Å². The van der Waals surface area contributed by atoms with E-state index in [1.54, 1.807) is 11.3 Å². The van der Waals surface area contributed by atoms with Crippen molar-refractivity contribution in [2.45, 2.75) is 18.1 Å². The Labute approximate surface area is 131 Å². The maximum atomic E-state index is 12.3. The third-order valence-electron chi connectivity index (χ3n) is 3.19. The van der Waals surface area contributed by atoms with Crippen LogP contribution >= 0.6 is 34.7 Å². The molecule has 1 N–H and O–H groups in total. The number of halogens is 1. The van der Waals surface area contributed by atoms with Crippen LogP contribution in [0, 0.1) is 0 Å². The van der Waals surface area contributed by atoms with E-state index in [4.69, 9.17) is 11.6 Å². The molecular formula is C15H14ClNOS2. The van der Waals surface area contributed by atoms with Crippen LogP contribution in [0.1, 0.15) is 25.7 Å². The van der Waals surface area contributed by atoms with Crippen molar-refractivity contribution in [2.75, 3.05) is 11.1 Å². The third kappa shape index (κ3) is 3.03. The van der Waals surface area contributed by atoms with Gasteiger partial charge in [0.25, 0.3) is 5.91 Å². The molecule has 0 spiro atoms. The molecule has 0 aliphatic carbocycles. The van der Waals surface area contributed by atoms with Gasteiger partial charge in [0, 0.05) is 22.2 Å². The van der Waals surface area contributed by atoms with Gasteiger partial charge in [0.2, 0.25) is 0 Å². The second-order valence-electron chi connectivity index (χ2n) is 4.65. The number of amides is 1. The van der Waals surface area contributed by atoms with E-state index in [1.807, 2.05) is 42.1 Å². The van der Waals surface area contributed by atoms with Crippen molar-refractivity contribution < 1.29 is 4.79 Å². The number of carbonyl (C=O) groups is 1. The third-order valence-corrected chi connectivity index (χ3v) is 5.74. The molecule has 0 saturated carbocycles. The molecule has 2 aromatic rings. The average Bonchev–Trinajstić information content (AvgIpc) is 2.91. The van der Waals surface area contributed by atoms with E-state index in [0.29, 0.717) is 5.88 Å². The lowest BCUT2D eigenvalue weighted by molar-refractivity contribution is 0.103. The highest BCUT2D eigenvalue weighted by Gasteiger charge is 2.17. The fraction of sp³-hybridized carbons (Fsp3) is 0.267. The van der Waals surface area contributed by atoms with Crippen molar-refractivity contribution in [3.8, 4) is 0 Å². The van der Waals surface area contributed by atoms with Crippen LogP contribution in [0.5, 0.6) is 0 Å². The lowest BCUT2D eigenvalue weighted by Gasteiger charge is -2.08. The van der Waals surface area contributed by atoms with Gasteiger partial charge in [-0.2, -0.15) is 11.8 Å². The van der Waals surface area contributed by atoms with Crippen molar-refractivity contribution in [2.24, 2.45) is 0 Å². The zero-order valence-corrected chi connectivity index (χ0v) is 13.2. The molecule has 0 bridgehead atoms. The zero-order chi connectivity index (χ0) is 13.9. The second kappa shape index (κ2) is 6.20. The molecule has 0 saturated heterocycles. The standard InChI is InChI=1S/C15H14ClNOS2/c16-8-10-2-1-3-12(6-10)17-15(18)14-7-11-9-19-5-4-13(11)20-14/h1-3,6-7H,4-5,8-9H2,(H,17,18). The first kappa shape index (κ1) is 14.0. The minimum absolute atomic E-state index is 0.0267. The molecule has 1 aromatic carbocycles. The normalized spacial score (nSPS) is 13.8. The Morgan fingerprint density at radius 3 is 3.05 bits per heavy atom. The maximum absolute atomic E-state index is 12.3. The average molecular weight is 324 g/mol. The first-order valence-corrected chi connectivity index (χ1v) is 8.92. The lowest BCUT2D eigenvalue weighted by atomic mass is 10.2. The summed E-state index contributed by atoms with van der Waals surface area (Å²) in [7, 11) is 0. The molecule has 5 heteroatoms. The van der Waals surface area contributed by atoms with Gasteiger partial charge in [0.1, 0.15) is 0 Å². The topological polar surface area (TPSA) is 29.1 Å². The molecule has 3 rings (SSSR count). The molecule has 0 atom stereocenters. The van der Waals surface area contributed by atoms with Gasteiger partial charge in [-0.15, -0.1) is 22.9 Å². The predicted octanol–water partition coefficient (Wildman–Crippen LogP) is 4.53. The highest BCUT2D eigenvalue weighted by molar-refractivity contribution is 7.98. The summed E-state index contributed by atoms with van der Waals surface area (Å²) in [6.07, 6.45) is 1.08. The SMILES string of the molecule is O=C(Nc1cccc(CCl)c1)c1cc2c(s1)CCSC2. The van der Waals surface area contributed by atoms with Crippen LogP contribution in [-0.4, -0.2) is 11.7 Å². The fourth-order valence-corrected chi connectivity index (χ4v) is 4.62. The summed E-state index contributed by atoms with van der Waals surface area (Å²) in [6, 6.07) is 9.69. The Balaban J connectivity index is 1.77. The van der Waals surface area contributed by atoms with Crippen LogP contribution in [0.2, 0.25) is 0 Å². The Hall–Kier alpha value is -0.970. The number of fused-ring (bicyclic) bond motifs is 1. The number of thioether (sulfide) groups is 1. The van der Waals surface area contributed by atoms with E-state index < -0.39 is 0 Å². The van der Waals surface area contributed by atoms with Gasteiger partial charge < -0.3 is 5.32 Å². The van der Waals surface area contributed by atoms with Gasteiger partial charge in [0.05, 0.1) is 4.88 Å². The number of aryl methyl sites for hydroxylation is 1. The Morgan fingerprint density at radius 2 is 2.25 bits per heavy atom. The number of hydrogen-bond acceptors (Lipinski definition) is 3. The highest BCUT2D eigenvalue weighted by Crippen LogP contribution is 2.32. The van der Waals surface area contributed by atoms with Gasteiger partial charge in [-0.05, 0) is 41.5 Å². The molecule has 2 nitrogen and oxygen atoms in total. The number of alkyl halides is 1. The molecule has 2 heterocycles. The van der Waals surface area contributed by atoms with Crippen molar-refractivity contribution in [1.29, 1.82) is 0 Å². The summed E-state index contributed by atoms with van der Waals surface area (Å²) >= 11 is 9.36. The number of benzene rings is 1. The summed E-state index contributed by atoms with van der Waals surface area (Å²) in [5.41, 5.74) is 3.13. The molecule has 1 aliphatic rings. The first-order chi connectivity index (χ1) is 9.76. The highest BCUT2D eigenvalue weighted by atomic mass is 35.5. The van der Waals surface area contributed by atoms with E-state index in [2.05, 4.69) is 5.32 Å². The van der Waals surface area contributed by atoms with E-state index >= 15 is 0 Å². The molecule has 0 unspecified atom stereocenters. The summed E-state index contributed by atoms with van der Waals surface area (Å²) < 4.78 is 0. The molecule has 1 aliphatic heterocycles. The van der Waals surface area contributed by atoms with Crippen LogP contribution in [-0.2, 0) is 18.1 Å². The van der Waals surface area contributed by atoms with Gasteiger partial charge in [-0.25, -0.2) is 0 Å². The van der Waals surface area contributed by atoms with Crippen LogP contribution in [0.15, 0.2) is 30.3 Å². The zero-order valence-electron chi connectivity index (χ0n) is 10.8. The monoisotopic (exact) mass is 323 g/mol. The minimum atomic E-state index is -0.0267. The van der Waals surface area contributed by atoms with E-state index in [1.165, 1.54) is 10.4 Å². The molecule has 104 valence electrons. The van der Waals surface area contributed by atoms with Crippen LogP contribution in [0.3, 0.4) is 0 Å². The van der Waals surface area contributed by atoms with Gasteiger partial charge in [-0.3, -0.25) is 4.79 Å². The minimum Gasteiger partial charge on any atom is -0.321 e. The Morgan fingerprint density at radius 1 is 1.35 bits per heavy atom. The Bertz CT molecular complexity index is 615. The summed E-state index contributed by atoms with van der Waals surface area (Å²) in [5.74, 6) is 2.61. The maximum Gasteiger partial charge on any atom is 0.265 e. The number of hydrogen-bond donors (Lipinski definition) is 1. The van der Waals surface area contributed by atoms with E-state index in [-0.39, 0.29) is 5.91 Å². The largest absolute Gasteiger partial charge is 0.321 e. The first-order valence-electron chi connectivity index (χ1n) is 6.42. The Kier molecular flexibility index (Phi) is 4.34. The quantitative estimate of drug-likeness (QED) is 0.841. The van der Waals surface area contributed by atoms with Crippen LogP contribution in [0.4, 0.5) is 5.69 Å². The van der Waals surface area contributed by atoms with Crippen molar-refractivity contribution in [1.82, 2.24) is 0 Å². The van der Waals surface area contributed by atoms with E-state index in [0.717, 1.165) is 34.1 Å². The van der Waals surface area contributed by atoms with Crippen molar-refractivity contribution in [3.63, 3.8) is 0 Å². The lowest BCUT2D eigenvalue weighted by Crippen LogP contribution is -2.10. The van der Waals surface area contributed by atoms with Gasteiger partial charge in [-0.1, -0.05) is 12.1 Å². The summed E-state index contributed by atoms with van der Waals surface area (Å²) in [6.45, 7) is 0. The fourth-order valence-electron chi connectivity index (χ4n) is 2.18. The number of nitrogens with one attached hydrogen (secondary N) is 1.